The SMILES string of the molecule is CCONCc1cc(Cl)ccc1OC. The van der Waals surface area contributed by atoms with Crippen molar-refractivity contribution in [2.45, 2.75) is 13.5 Å². The van der Waals surface area contributed by atoms with Crippen LogP contribution in [0.1, 0.15) is 12.5 Å². The quantitative estimate of drug-likeness (QED) is 0.605. The molecule has 0 aromatic heterocycles. The van der Waals surface area contributed by atoms with E-state index in [-0.39, 0.29) is 0 Å². The van der Waals surface area contributed by atoms with Gasteiger partial charge in [0.05, 0.1) is 13.7 Å². The lowest BCUT2D eigenvalue weighted by atomic mass is 10.2. The summed E-state index contributed by atoms with van der Waals surface area (Å²) in [6.45, 7) is 3.13. The molecule has 0 saturated heterocycles. The van der Waals surface area contributed by atoms with Crippen LogP contribution >= 0.6 is 11.6 Å². The Morgan fingerprint density at radius 3 is 2.86 bits per heavy atom. The van der Waals surface area contributed by atoms with Gasteiger partial charge in [-0.15, -0.1) is 0 Å². The Kier molecular flexibility index (Phi) is 4.73. The summed E-state index contributed by atoms with van der Waals surface area (Å²) >= 11 is 5.86. The fourth-order valence-electron chi connectivity index (χ4n) is 1.12. The van der Waals surface area contributed by atoms with Crippen molar-refractivity contribution in [3.8, 4) is 5.75 Å². The van der Waals surface area contributed by atoms with E-state index in [0.29, 0.717) is 18.2 Å². The minimum Gasteiger partial charge on any atom is -0.496 e. The maximum atomic E-state index is 5.86. The van der Waals surface area contributed by atoms with E-state index >= 15 is 0 Å². The van der Waals surface area contributed by atoms with Crippen molar-refractivity contribution in [1.82, 2.24) is 5.48 Å². The van der Waals surface area contributed by atoms with Gasteiger partial charge in [0.15, 0.2) is 0 Å². The van der Waals surface area contributed by atoms with Crippen LogP contribution < -0.4 is 10.2 Å². The molecule has 1 rings (SSSR count). The smallest absolute Gasteiger partial charge is 0.123 e. The van der Waals surface area contributed by atoms with Gasteiger partial charge in [-0.25, -0.2) is 0 Å². The van der Waals surface area contributed by atoms with Crippen LogP contribution in [0.3, 0.4) is 0 Å². The van der Waals surface area contributed by atoms with Gasteiger partial charge in [0, 0.05) is 17.1 Å². The number of rotatable bonds is 5. The minimum absolute atomic E-state index is 0.581. The molecule has 1 aromatic carbocycles. The number of methoxy groups -OCH3 is 1. The Balaban J connectivity index is 2.67. The molecule has 1 aromatic rings. The predicted molar refractivity (Wildman–Crippen MR) is 56.5 cm³/mol. The summed E-state index contributed by atoms with van der Waals surface area (Å²) < 4.78 is 5.18. The number of hydrogen-bond donors (Lipinski definition) is 1. The zero-order valence-electron chi connectivity index (χ0n) is 8.34. The average Bonchev–Trinajstić information content (AvgIpc) is 2.19. The summed E-state index contributed by atoms with van der Waals surface area (Å²) in [4.78, 5) is 5.03. The zero-order chi connectivity index (χ0) is 10.4. The summed E-state index contributed by atoms with van der Waals surface area (Å²) in [5.41, 5.74) is 3.79. The third kappa shape index (κ3) is 3.18. The van der Waals surface area contributed by atoms with Crippen molar-refractivity contribution >= 4 is 11.6 Å². The van der Waals surface area contributed by atoms with E-state index in [0.717, 1.165) is 11.3 Å². The van der Waals surface area contributed by atoms with Crippen LogP contribution in [0.5, 0.6) is 5.75 Å². The van der Waals surface area contributed by atoms with Crippen molar-refractivity contribution in [3.05, 3.63) is 28.8 Å². The number of hydrogen-bond acceptors (Lipinski definition) is 3. The number of halogens is 1. The Morgan fingerprint density at radius 1 is 1.43 bits per heavy atom. The van der Waals surface area contributed by atoms with Gasteiger partial charge in [-0.3, -0.25) is 0 Å². The molecule has 0 saturated carbocycles. The molecule has 0 aliphatic carbocycles. The van der Waals surface area contributed by atoms with Gasteiger partial charge in [-0.05, 0) is 25.1 Å². The molecule has 0 aliphatic rings. The lowest BCUT2D eigenvalue weighted by molar-refractivity contribution is 0.0459. The first kappa shape index (κ1) is 11.3. The highest BCUT2D eigenvalue weighted by Gasteiger charge is 2.02. The molecule has 0 fully saturated rings. The molecule has 0 unspecified atom stereocenters. The van der Waals surface area contributed by atoms with Crippen molar-refractivity contribution in [2.24, 2.45) is 0 Å². The number of nitrogens with one attached hydrogen (secondary N) is 1. The van der Waals surface area contributed by atoms with Crippen molar-refractivity contribution < 1.29 is 9.57 Å². The standard InChI is InChI=1S/C10H14ClNO2/c1-3-14-12-7-8-6-9(11)4-5-10(8)13-2/h4-6,12H,3,7H2,1-2H3. The fourth-order valence-corrected chi connectivity index (χ4v) is 1.31. The van der Waals surface area contributed by atoms with Gasteiger partial charge in [-0.1, -0.05) is 11.6 Å². The van der Waals surface area contributed by atoms with Crippen molar-refractivity contribution in [2.75, 3.05) is 13.7 Å². The minimum atomic E-state index is 0.581. The second-order valence-electron chi connectivity index (χ2n) is 2.71. The second-order valence-corrected chi connectivity index (χ2v) is 3.15. The van der Waals surface area contributed by atoms with Crippen LogP contribution in [0.2, 0.25) is 5.02 Å². The van der Waals surface area contributed by atoms with E-state index in [4.69, 9.17) is 21.2 Å². The summed E-state index contributed by atoms with van der Waals surface area (Å²) in [5.74, 6) is 0.807. The van der Waals surface area contributed by atoms with Crippen LogP contribution in [0, 0.1) is 0 Å². The van der Waals surface area contributed by atoms with Gasteiger partial charge in [-0.2, -0.15) is 5.48 Å². The van der Waals surface area contributed by atoms with E-state index in [1.165, 1.54) is 0 Å². The number of hydroxylamine groups is 1. The molecule has 3 nitrogen and oxygen atoms in total. The van der Waals surface area contributed by atoms with Crippen LogP contribution in [0.15, 0.2) is 18.2 Å². The first-order valence-corrected chi connectivity index (χ1v) is 4.82. The van der Waals surface area contributed by atoms with E-state index < -0.39 is 0 Å². The van der Waals surface area contributed by atoms with Crippen LogP contribution in [0.4, 0.5) is 0 Å². The largest absolute Gasteiger partial charge is 0.496 e. The molecule has 1 N–H and O–H groups in total. The van der Waals surface area contributed by atoms with Crippen LogP contribution in [0.25, 0.3) is 0 Å². The molecule has 78 valence electrons. The Labute approximate surface area is 88.9 Å². The molecule has 0 spiro atoms. The summed E-state index contributed by atoms with van der Waals surface area (Å²) in [5, 5.41) is 0.694. The maximum absolute atomic E-state index is 5.86. The molecule has 4 heteroatoms. The maximum Gasteiger partial charge on any atom is 0.123 e. The van der Waals surface area contributed by atoms with Crippen LogP contribution in [-0.2, 0) is 11.4 Å². The number of benzene rings is 1. The Morgan fingerprint density at radius 2 is 2.21 bits per heavy atom. The third-order valence-corrected chi connectivity index (χ3v) is 1.99. The Bertz CT molecular complexity index is 291. The molecule has 0 bridgehead atoms. The summed E-state index contributed by atoms with van der Waals surface area (Å²) in [6, 6.07) is 5.49. The lowest BCUT2D eigenvalue weighted by Gasteiger charge is -2.09. The predicted octanol–water partition coefficient (Wildman–Crippen LogP) is 2.39. The van der Waals surface area contributed by atoms with E-state index in [2.05, 4.69) is 5.48 Å². The number of ether oxygens (including phenoxy) is 1. The highest BCUT2D eigenvalue weighted by Crippen LogP contribution is 2.22. The molecular weight excluding hydrogens is 202 g/mol. The van der Waals surface area contributed by atoms with Gasteiger partial charge in [0.1, 0.15) is 5.75 Å². The molecule has 0 amide bonds. The Hall–Kier alpha value is -0.770. The molecule has 14 heavy (non-hydrogen) atoms. The van der Waals surface area contributed by atoms with Crippen molar-refractivity contribution in [3.63, 3.8) is 0 Å². The summed E-state index contributed by atoms with van der Waals surface area (Å²) in [7, 11) is 1.63. The molecular formula is C10H14ClNO2. The molecule has 0 aliphatic heterocycles. The normalized spacial score (nSPS) is 10.2. The van der Waals surface area contributed by atoms with E-state index in [1.807, 2.05) is 19.1 Å². The average molecular weight is 216 g/mol. The van der Waals surface area contributed by atoms with Gasteiger partial charge < -0.3 is 9.57 Å². The molecule has 0 heterocycles. The highest BCUT2D eigenvalue weighted by atomic mass is 35.5. The molecule has 0 radical (unpaired) electrons. The van der Waals surface area contributed by atoms with Gasteiger partial charge >= 0.3 is 0 Å². The van der Waals surface area contributed by atoms with Crippen molar-refractivity contribution in [1.29, 1.82) is 0 Å². The van der Waals surface area contributed by atoms with Gasteiger partial charge in [0.2, 0.25) is 0 Å². The van der Waals surface area contributed by atoms with E-state index in [1.54, 1.807) is 13.2 Å². The first-order chi connectivity index (χ1) is 6.77. The monoisotopic (exact) mass is 215 g/mol. The highest BCUT2D eigenvalue weighted by molar-refractivity contribution is 6.30. The topological polar surface area (TPSA) is 30.5 Å². The third-order valence-electron chi connectivity index (χ3n) is 1.75. The van der Waals surface area contributed by atoms with Gasteiger partial charge in [0.25, 0.3) is 0 Å². The summed E-state index contributed by atoms with van der Waals surface area (Å²) in [6.07, 6.45) is 0. The molecule has 0 atom stereocenters. The first-order valence-electron chi connectivity index (χ1n) is 4.45. The van der Waals surface area contributed by atoms with E-state index in [9.17, 15) is 0 Å². The second kappa shape index (κ2) is 5.86. The van der Waals surface area contributed by atoms with Crippen LogP contribution in [-0.4, -0.2) is 13.7 Å². The lowest BCUT2D eigenvalue weighted by Crippen LogP contribution is -2.14. The zero-order valence-corrected chi connectivity index (χ0v) is 9.10. The fraction of sp³-hybridized carbons (Fsp3) is 0.400.